The third-order valence-electron chi connectivity index (χ3n) is 4.03. The van der Waals surface area contributed by atoms with Gasteiger partial charge in [-0.25, -0.2) is 0 Å². The molecule has 1 saturated heterocycles. The zero-order valence-electron chi connectivity index (χ0n) is 11.3. The van der Waals surface area contributed by atoms with Crippen LogP contribution in [0.3, 0.4) is 0 Å². The molecule has 1 heterocycles. The Hall–Kier alpha value is -0.860. The molecule has 0 bridgehead atoms. The lowest BCUT2D eigenvalue weighted by molar-refractivity contribution is 0.274. The number of hydrogen-bond acceptors (Lipinski definition) is 2. The minimum Gasteiger partial charge on any atom is -0.330 e. The van der Waals surface area contributed by atoms with Crippen LogP contribution in [0, 0.1) is 19.3 Å². The van der Waals surface area contributed by atoms with E-state index in [4.69, 9.17) is 5.73 Å². The molecule has 2 rings (SSSR count). The predicted octanol–water partition coefficient (Wildman–Crippen LogP) is 2.47. The maximum Gasteiger partial charge on any atom is 0.0236 e. The van der Waals surface area contributed by atoms with E-state index in [1.54, 1.807) is 0 Å². The molecular weight excluding hydrogens is 208 g/mol. The van der Waals surface area contributed by atoms with Gasteiger partial charge in [-0.1, -0.05) is 30.7 Å². The van der Waals surface area contributed by atoms with Crippen LogP contribution in [0.5, 0.6) is 0 Å². The molecule has 1 fully saturated rings. The molecule has 1 aromatic carbocycles. The van der Waals surface area contributed by atoms with Gasteiger partial charge in [-0.3, -0.25) is 4.90 Å². The summed E-state index contributed by atoms with van der Waals surface area (Å²) in [5.74, 6) is 0. The Labute approximate surface area is 105 Å². The number of nitrogens with zero attached hydrogens (tertiary/aromatic N) is 1. The van der Waals surface area contributed by atoms with Gasteiger partial charge in [0.1, 0.15) is 0 Å². The fraction of sp³-hybridized carbons (Fsp3) is 0.600. The Kier molecular flexibility index (Phi) is 3.55. The van der Waals surface area contributed by atoms with Crippen molar-refractivity contribution in [3.8, 4) is 0 Å². The highest BCUT2D eigenvalue weighted by Crippen LogP contribution is 2.29. The van der Waals surface area contributed by atoms with E-state index in [1.807, 2.05) is 0 Å². The van der Waals surface area contributed by atoms with E-state index in [2.05, 4.69) is 43.9 Å². The van der Waals surface area contributed by atoms with Crippen LogP contribution in [0.1, 0.15) is 30.0 Å². The molecule has 17 heavy (non-hydrogen) atoms. The zero-order valence-corrected chi connectivity index (χ0v) is 11.3. The molecule has 0 aromatic heterocycles. The molecular formula is C15H24N2. The number of likely N-dealkylation sites (tertiary alicyclic amines) is 1. The molecule has 1 aliphatic heterocycles. The van der Waals surface area contributed by atoms with Gasteiger partial charge in [0.2, 0.25) is 0 Å². The quantitative estimate of drug-likeness (QED) is 0.867. The molecule has 1 aromatic rings. The Morgan fingerprint density at radius 2 is 2.12 bits per heavy atom. The topological polar surface area (TPSA) is 29.3 Å². The minimum atomic E-state index is 0.331. The lowest BCUT2D eigenvalue weighted by Gasteiger charge is -2.23. The standard InChI is InChI=1S/C15H24N2/c1-12-4-5-13(2)14(8-12)9-17-7-6-15(3,10-16)11-17/h4-5,8H,6-7,9-11,16H2,1-3H3. The molecule has 0 amide bonds. The van der Waals surface area contributed by atoms with Crippen molar-refractivity contribution in [3.05, 3.63) is 34.9 Å². The van der Waals surface area contributed by atoms with Gasteiger partial charge < -0.3 is 5.73 Å². The second kappa shape index (κ2) is 4.79. The largest absolute Gasteiger partial charge is 0.330 e. The van der Waals surface area contributed by atoms with Crippen LogP contribution in [0.4, 0.5) is 0 Å². The van der Waals surface area contributed by atoms with Crippen molar-refractivity contribution in [2.24, 2.45) is 11.1 Å². The number of hydrogen-bond donors (Lipinski definition) is 1. The highest BCUT2D eigenvalue weighted by Gasteiger charge is 2.32. The lowest BCUT2D eigenvalue weighted by Crippen LogP contribution is -2.31. The fourth-order valence-electron chi connectivity index (χ4n) is 2.64. The molecule has 0 saturated carbocycles. The van der Waals surface area contributed by atoms with Gasteiger partial charge in [0.25, 0.3) is 0 Å². The number of rotatable bonds is 3. The SMILES string of the molecule is Cc1ccc(C)c(CN2CCC(C)(CN)C2)c1. The van der Waals surface area contributed by atoms with Crippen LogP contribution in [0.25, 0.3) is 0 Å². The molecule has 0 aliphatic carbocycles. The first-order valence-corrected chi connectivity index (χ1v) is 6.51. The van der Waals surface area contributed by atoms with Gasteiger partial charge in [-0.05, 0) is 49.9 Å². The van der Waals surface area contributed by atoms with E-state index in [1.165, 1.54) is 29.7 Å². The van der Waals surface area contributed by atoms with E-state index in [9.17, 15) is 0 Å². The summed E-state index contributed by atoms with van der Waals surface area (Å²) >= 11 is 0. The average Bonchev–Trinajstić information content (AvgIpc) is 2.67. The molecule has 0 radical (unpaired) electrons. The Bertz CT molecular complexity index is 400. The van der Waals surface area contributed by atoms with E-state index in [-0.39, 0.29) is 0 Å². The second-order valence-electron chi connectivity index (χ2n) is 5.91. The van der Waals surface area contributed by atoms with Crippen molar-refractivity contribution in [2.45, 2.75) is 33.7 Å². The highest BCUT2D eigenvalue weighted by atomic mass is 15.2. The van der Waals surface area contributed by atoms with E-state index in [0.29, 0.717) is 5.41 Å². The van der Waals surface area contributed by atoms with Crippen LogP contribution in [-0.4, -0.2) is 24.5 Å². The number of aryl methyl sites for hydroxylation is 2. The predicted molar refractivity (Wildman–Crippen MR) is 73.0 cm³/mol. The monoisotopic (exact) mass is 232 g/mol. The van der Waals surface area contributed by atoms with Gasteiger partial charge in [0.15, 0.2) is 0 Å². The average molecular weight is 232 g/mol. The van der Waals surface area contributed by atoms with Crippen molar-refractivity contribution < 1.29 is 0 Å². The van der Waals surface area contributed by atoms with E-state index < -0.39 is 0 Å². The summed E-state index contributed by atoms with van der Waals surface area (Å²) in [4.78, 5) is 2.54. The first-order chi connectivity index (χ1) is 8.02. The Balaban J connectivity index is 2.05. The summed E-state index contributed by atoms with van der Waals surface area (Å²) in [5, 5.41) is 0. The highest BCUT2D eigenvalue weighted by molar-refractivity contribution is 5.30. The van der Waals surface area contributed by atoms with E-state index >= 15 is 0 Å². The Morgan fingerprint density at radius 1 is 1.35 bits per heavy atom. The third kappa shape index (κ3) is 2.88. The Morgan fingerprint density at radius 3 is 2.76 bits per heavy atom. The molecule has 2 N–H and O–H groups in total. The normalized spacial score (nSPS) is 25.4. The summed E-state index contributed by atoms with van der Waals surface area (Å²) in [7, 11) is 0. The van der Waals surface area contributed by atoms with Crippen LogP contribution in [0.15, 0.2) is 18.2 Å². The van der Waals surface area contributed by atoms with Crippen molar-refractivity contribution in [2.75, 3.05) is 19.6 Å². The molecule has 1 aliphatic rings. The molecule has 1 unspecified atom stereocenters. The number of nitrogens with two attached hydrogens (primary N) is 1. The summed E-state index contributed by atoms with van der Waals surface area (Å²) in [6.45, 7) is 10.9. The summed E-state index contributed by atoms with van der Waals surface area (Å²) in [6.07, 6.45) is 1.23. The summed E-state index contributed by atoms with van der Waals surface area (Å²) in [5.41, 5.74) is 10.4. The van der Waals surface area contributed by atoms with Gasteiger partial charge >= 0.3 is 0 Å². The smallest absolute Gasteiger partial charge is 0.0236 e. The van der Waals surface area contributed by atoms with E-state index in [0.717, 1.165) is 19.6 Å². The van der Waals surface area contributed by atoms with Crippen molar-refractivity contribution in [1.82, 2.24) is 4.90 Å². The zero-order chi connectivity index (χ0) is 12.5. The summed E-state index contributed by atoms with van der Waals surface area (Å²) < 4.78 is 0. The van der Waals surface area contributed by atoms with Crippen molar-refractivity contribution >= 4 is 0 Å². The first-order valence-electron chi connectivity index (χ1n) is 6.51. The maximum atomic E-state index is 5.85. The first kappa shape index (κ1) is 12.6. The van der Waals surface area contributed by atoms with Crippen molar-refractivity contribution in [3.63, 3.8) is 0 Å². The summed E-state index contributed by atoms with van der Waals surface area (Å²) in [6, 6.07) is 6.73. The van der Waals surface area contributed by atoms with Gasteiger partial charge in [-0.2, -0.15) is 0 Å². The van der Waals surface area contributed by atoms with Gasteiger partial charge in [0, 0.05) is 13.1 Å². The third-order valence-corrected chi connectivity index (χ3v) is 4.03. The second-order valence-corrected chi connectivity index (χ2v) is 5.91. The molecule has 2 heteroatoms. The molecule has 94 valence electrons. The molecule has 2 nitrogen and oxygen atoms in total. The minimum absolute atomic E-state index is 0.331. The fourth-order valence-corrected chi connectivity index (χ4v) is 2.64. The lowest BCUT2D eigenvalue weighted by atomic mass is 9.90. The maximum absolute atomic E-state index is 5.85. The van der Waals surface area contributed by atoms with Gasteiger partial charge in [0.05, 0.1) is 0 Å². The van der Waals surface area contributed by atoms with Crippen LogP contribution in [0.2, 0.25) is 0 Å². The molecule has 0 spiro atoms. The van der Waals surface area contributed by atoms with Crippen LogP contribution in [-0.2, 0) is 6.54 Å². The molecule has 1 atom stereocenters. The number of benzene rings is 1. The van der Waals surface area contributed by atoms with Crippen LogP contribution >= 0.6 is 0 Å². The van der Waals surface area contributed by atoms with Crippen LogP contribution < -0.4 is 5.73 Å². The van der Waals surface area contributed by atoms with Crippen molar-refractivity contribution in [1.29, 1.82) is 0 Å². The van der Waals surface area contributed by atoms with Gasteiger partial charge in [-0.15, -0.1) is 0 Å².